The zero-order valence-electron chi connectivity index (χ0n) is 11.6. The van der Waals surface area contributed by atoms with E-state index < -0.39 is 0 Å². The van der Waals surface area contributed by atoms with Crippen molar-refractivity contribution in [2.75, 3.05) is 26.8 Å². The first kappa shape index (κ1) is 13.9. The first-order chi connectivity index (χ1) is 8.61. The molecular formula is C13H23N3OS. The minimum absolute atomic E-state index is 0.370. The van der Waals surface area contributed by atoms with Crippen molar-refractivity contribution in [3.05, 3.63) is 15.6 Å². The van der Waals surface area contributed by atoms with Gasteiger partial charge in [0.15, 0.2) is 0 Å². The fourth-order valence-electron chi connectivity index (χ4n) is 2.49. The highest BCUT2D eigenvalue weighted by molar-refractivity contribution is 7.11. The SMILES string of the molecule is CNC1COCC1CNC(C)c1sc(C)nc1C. The smallest absolute Gasteiger partial charge is 0.0900 e. The van der Waals surface area contributed by atoms with Crippen LogP contribution >= 0.6 is 11.3 Å². The fraction of sp³-hybridized carbons (Fsp3) is 0.769. The lowest BCUT2D eigenvalue weighted by Crippen LogP contribution is -2.38. The van der Waals surface area contributed by atoms with Crippen molar-refractivity contribution in [1.29, 1.82) is 0 Å². The van der Waals surface area contributed by atoms with Gasteiger partial charge in [-0.3, -0.25) is 0 Å². The lowest BCUT2D eigenvalue weighted by Gasteiger charge is -2.20. The monoisotopic (exact) mass is 269 g/mol. The van der Waals surface area contributed by atoms with E-state index in [-0.39, 0.29) is 0 Å². The number of rotatable bonds is 5. The number of thiazole rings is 1. The number of likely N-dealkylation sites (N-methyl/N-ethyl adjacent to an activating group) is 1. The van der Waals surface area contributed by atoms with Crippen LogP contribution in [0.2, 0.25) is 0 Å². The highest BCUT2D eigenvalue weighted by Gasteiger charge is 2.27. The summed E-state index contributed by atoms with van der Waals surface area (Å²) in [7, 11) is 2.01. The predicted octanol–water partition coefficient (Wildman–Crippen LogP) is 1.64. The van der Waals surface area contributed by atoms with Gasteiger partial charge >= 0.3 is 0 Å². The van der Waals surface area contributed by atoms with Crippen LogP contribution in [0.3, 0.4) is 0 Å². The summed E-state index contributed by atoms with van der Waals surface area (Å²) in [5.74, 6) is 0.562. The molecule has 3 atom stereocenters. The maximum atomic E-state index is 5.51. The Morgan fingerprint density at radius 1 is 1.44 bits per heavy atom. The van der Waals surface area contributed by atoms with Crippen molar-refractivity contribution in [2.24, 2.45) is 5.92 Å². The topological polar surface area (TPSA) is 46.2 Å². The van der Waals surface area contributed by atoms with Crippen LogP contribution in [0, 0.1) is 19.8 Å². The van der Waals surface area contributed by atoms with Crippen LogP contribution in [0.1, 0.15) is 28.5 Å². The lowest BCUT2D eigenvalue weighted by atomic mass is 10.0. The Labute approximate surface area is 113 Å². The molecule has 0 aliphatic carbocycles. The van der Waals surface area contributed by atoms with Gasteiger partial charge in [-0.1, -0.05) is 0 Å². The molecule has 1 saturated heterocycles. The second-order valence-corrected chi connectivity index (χ2v) is 6.24. The Balaban J connectivity index is 1.88. The van der Waals surface area contributed by atoms with Crippen LogP contribution in [0.25, 0.3) is 0 Å². The third-order valence-corrected chi connectivity index (χ3v) is 4.84. The van der Waals surface area contributed by atoms with Crippen molar-refractivity contribution in [2.45, 2.75) is 32.9 Å². The molecule has 102 valence electrons. The minimum atomic E-state index is 0.370. The van der Waals surface area contributed by atoms with Crippen molar-refractivity contribution in [3.8, 4) is 0 Å². The number of nitrogens with zero attached hydrogens (tertiary/aromatic N) is 1. The Hall–Kier alpha value is -0.490. The molecule has 1 aromatic rings. The van der Waals surface area contributed by atoms with Crippen molar-refractivity contribution >= 4 is 11.3 Å². The van der Waals surface area contributed by atoms with Crippen LogP contribution in [-0.4, -0.2) is 37.8 Å². The largest absolute Gasteiger partial charge is 0.379 e. The second kappa shape index (κ2) is 6.10. The van der Waals surface area contributed by atoms with E-state index >= 15 is 0 Å². The summed E-state index contributed by atoms with van der Waals surface area (Å²) in [5.41, 5.74) is 1.16. The molecule has 1 aromatic heterocycles. The molecule has 2 heterocycles. The third kappa shape index (κ3) is 3.09. The van der Waals surface area contributed by atoms with Gasteiger partial charge in [0, 0.05) is 29.4 Å². The second-order valence-electron chi connectivity index (χ2n) is 5.01. The standard InChI is InChI=1S/C13H23N3OS/c1-8(13-9(2)16-10(3)18-13)15-5-11-6-17-7-12(11)14-4/h8,11-12,14-15H,5-7H2,1-4H3. The Kier molecular flexibility index (Phi) is 4.72. The Morgan fingerprint density at radius 3 is 2.83 bits per heavy atom. The van der Waals surface area contributed by atoms with Gasteiger partial charge in [0.2, 0.25) is 0 Å². The molecule has 18 heavy (non-hydrogen) atoms. The summed E-state index contributed by atoms with van der Waals surface area (Å²) in [6.45, 7) is 9.04. The van der Waals surface area contributed by atoms with Gasteiger partial charge in [0.25, 0.3) is 0 Å². The van der Waals surface area contributed by atoms with Crippen LogP contribution in [0.5, 0.6) is 0 Å². The lowest BCUT2D eigenvalue weighted by molar-refractivity contribution is 0.182. The summed E-state index contributed by atoms with van der Waals surface area (Å²) >= 11 is 1.79. The van der Waals surface area contributed by atoms with Crippen LogP contribution < -0.4 is 10.6 Å². The molecule has 1 aliphatic rings. The quantitative estimate of drug-likeness (QED) is 0.853. The Bertz CT molecular complexity index is 394. The molecule has 5 heteroatoms. The molecule has 0 amide bonds. The zero-order chi connectivity index (χ0) is 13.1. The van der Waals surface area contributed by atoms with E-state index in [0.717, 1.165) is 30.5 Å². The molecule has 0 bridgehead atoms. The minimum Gasteiger partial charge on any atom is -0.379 e. The van der Waals surface area contributed by atoms with E-state index in [0.29, 0.717) is 18.0 Å². The fourth-order valence-corrected chi connectivity index (χ4v) is 3.44. The molecule has 1 fully saturated rings. The highest BCUT2D eigenvalue weighted by Crippen LogP contribution is 2.24. The molecule has 0 aromatic carbocycles. The highest BCUT2D eigenvalue weighted by atomic mass is 32.1. The van der Waals surface area contributed by atoms with Gasteiger partial charge in [0.05, 0.1) is 23.9 Å². The summed E-state index contributed by atoms with van der Waals surface area (Å²) < 4.78 is 5.51. The van der Waals surface area contributed by atoms with E-state index in [4.69, 9.17) is 4.74 Å². The maximum Gasteiger partial charge on any atom is 0.0900 e. The number of nitrogens with one attached hydrogen (secondary N) is 2. The van der Waals surface area contributed by atoms with Gasteiger partial charge in [-0.2, -0.15) is 0 Å². The van der Waals surface area contributed by atoms with Gasteiger partial charge < -0.3 is 15.4 Å². The van der Waals surface area contributed by atoms with E-state index in [1.165, 1.54) is 4.88 Å². The number of hydrogen-bond acceptors (Lipinski definition) is 5. The van der Waals surface area contributed by atoms with Crippen molar-refractivity contribution in [1.82, 2.24) is 15.6 Å². The maximum absolute atomic E-state index is 5.51. The summed E-state index contributed by atoms with van der Waals surface area (Å²) in [5, 5.41) is 8.07. The van der Waals surface area contributed by atoms with E-state index in [2.05, 4.69) is 36.4 Å². The molecule has 0 radical (unpaired) electrons. The molecule has 4 nitrogen and oxygen atoms in total. The predicted molar refractivity (Wildman–Crippen MR) is 75.2 cm³/mol. The van der Waals surface area contributed by atoms with Gasteiger partial charge in [-0.15, -0.1) is 11.3 Å². The Morgan fingerprint density at radius 2 is 2.22 bits per heavy atom. The van der Waals surface area contributed by atoms with E-state index in [9.17, 15) is 0 Å². The summed E-state index contributed by atoms with van der Waals surface area (Å²) in [4.78, 5) is 5.84. The number of hydrogen-bond donors (Lipinski definition) is 2. The number of aromatic nitrogens is 1. The average Bonchev–Trinajstić information content (AvgIpc) is 2.92. The van der Waals surface area contributed by atoms with Gasteiger partial charge in [0.1, 0.15) is 0 Å². The number of aryl methyl sites for hydroxylation is 2. The normalized spacial score (nSPS) is 25.6. The number of ether oxygens (including phenoxy) is 1. The molecule has 0 saturated carbocycles. The molecule has 1 aliphatic heterocycles. The van der Waals surface area contributed by atoms with Gasteiger partial charge in [-0.05, 0) is 27.8 Å². The van der Waals surface area contributed by atoms with Gasteiger partial charge in [-0.25, -0.2) is 4.98 Å². The van der Waals surface area contributed by atoms with Crippen LogP contribution in [-0.2, 0) is 4.74 Å². The third-order valence-electron chi connectivity index (χ3n) is 3.59. The van der Waals surface area contributed by atoms with Crippen LogP contribution in [0.15, 0.2) is 0 Å². The zero-order valence-corrected chi connectivity index (χ0v) is 12.4. The molecule has 2 N–H and O–H groups in total. The average molecular weight is 269 g/mol. The van der Waals surface area contributed by atoms with E-state index in [1.54, 1.807) is 11.3 Å². The summed E-state index contributed by atoms with van der Waals surface area (Å²) in [6, 6.07) is 0.850. The molecule has 2 rings (SSSR count). The van der Waals surface area contributed by atoms with Crippen molar-refractivity contribution in [3.63, 3.8) is 0 Å². The first-order valence-corrected chi connectivity index (χ1v) is 7.35. The van der Waals surface area contributed by atoms with Crippen molar-refractivity contribution < 1.29 is 4.74 Å². The van der Waals surface area contributed by atoms with E-state index in [1.807, 2.05) is 7.05 Å². The molecule has 3 unspecified atom stereocenters. The first-order valence-electron chi connectivity index (χ1n) is 6.54. The van der Waals surface area contributed by atoms with Crippen LogP contribution in [0.4, 0.5) is 0 Å². The summed E-state index contributed by atoms with van der Waals surface area (Å²) in [6.07, 6.45) is 0. The molecular weight excluding hydrogens is 246 g/mol. The molecule has 0 spiro atoms.